The number of fused-ring (bicyclic) bond motifs is 4. The summed E-state index contributed by atoms with van der Waals surface area (Å²) in [5.74, 6) is 1.13. The molecule has 6 heteroatoms. The standard InChI is InChI=1S/C36H45N5O/c1-23-16-24(2)18-28(17-23)34-33(25(3)20-38-15-12-26-10-13-37-14-11-26)30-19-32(39-21-31(30)40-34)36(4,5)35(42)41-22-27-6-8-29(41)9-7-27/h10-11,13-14,16-19,21,25,27,29,38,40H,6-9,12,15,20,22H2,1-5H3/t25-,27?,29?/m1/s1. The van der Waals surface area contributed by atoms with Gasteiger partial charge in [0.05, 0.1) is 28.5 Å². The number of rotatable bonds is 9. The van der Waals surface area contributed by atoms with E-state index in [4.69, 9.17) is 4.98 Å². The fraction of sp³-hybridized carbons (Fsp3) is 0.472. The molecule has 0 unspecified atom stereocenters. The first-order chi connectivity index (χ1) is 20.2. The van der Waals surface area contributed by atoms with Crippen molar-refractivity contribution in [3.8, 4) is 11.3 Å². The highest BCUT2D eigenvalue weighted by Gasteiger charge is 2.43. The maximum absolute atomic E-state index is 14.0. The summed E-state index contributed by atoms with van der Waals surface area (Å²) in [6, 6.07) is 13.5. The lowest BCUT2D eigenvalue weighted by molar-refractivity contribution is -0.144. The van der Waals surface area contributed by atoms with E-state index in [1.807, 2.05) is 18.6 Å². The van der Waals surface area contributed by atoms with Crippen molar-refractivity contribution in [3.05, 3.63) is 82.9 Å². The Balaban J connectivity index is 1.33. The molecular formula is C36H45N5O. The molecule has 5 heterocycles. The monoisotopic (exact) mass is 563 g/mol. The molecule has 1 atom stereocenters. The van der Waals surface area contributed by atoms with Gasteiger partial charge in [-0.1, -0.05) is 24.1 Å². The van der Waals surface area contributed by atoms with Gasteiger partial charge in [0.25, 0.3) is 0 Å². The third-order valence-electron chi connectivity index (χ3n) is 9.66. The van der Waals surface area contributed by atoms with Crippen LogP contribution in [0.4, 0.5) is 0 Å². The number of carbonyl (C=O) groups excluding carboxylic acids is 1. The molecule has 0 radical (unpaired) electrons. The Labute approximate surface area is 250 Å². The van der Waals surface area contributed by atoms with E-state index in [2.05, 4.69) is 91.2 Å². The number of nitrogens with one attached hydrogen (secondary N) is 2. The van der Waals surface area contributed by atoms with Crippen molar-refractivity contribution in [3.63, 3.8) is 0 Å². The van der Waals surface area contributed by atoms with Gasteiger partial charge in [-0.15, -0.1) is 0 Å². The van der Waals surface area contributed by atoms with Crippen LogP contribution < -0.4 is 5.32 Å². The van der Waals surface area contributed by atoms with Crippen LogP contribution in [0.2, 0.25) is 0 Å². The largest absolute Gasteiger partial charge is 0.353 e. The molecule has 2 N–H and O–H groups in total. The highest BCUT2D eigenvalue weighted by molar-refractivity contribution is 5.93. The topological polar surface area (TPSA) is 73.9 Å². The maximum Gasteiger partial charge on any atom is 0.234 e. The number of hydrogen-bond acceptors (Lipinski definition) is 4. The molecule has 2 saturated heterocycles. The third kappa shape index (κ3) is 5.61. The van der Waals surface area contributed by atoms with Crippen LogP contribution in [0.15, 0.2) is 55.0 Å². The molecule has 1 aromatic carbocycles. The van der Waals surface area contributed by atoms with Crippen molar-refractivity contribution in [2.45, 2.75) is 84.1 Å². The molecule has 0 spiro atoms. The van der Waals surface area contributed by atoms with Crippen LogP contribution in [0.3, 0.4) is 0 Å². The number of aromatic amines is 1. The third-order valence-corrected chi connectivity index (χ3v) is 9.66. The molecule has 1 amide bonds. The van der Waals surface area contributed by atoms with E-state index in [0.29, 0.717) is 12.0 Å². The number of aromatic nitrogens is 3. The van der Waals surface area contributed by atoms with Gasteiger partial charge in [0.1, 0.15) is 0 Å². The predicted molar refractivity (Wildman–Crippen MR) is 171 cm³/mol. The van der Waals surface area contributed by atoms with E-state index >= 15 is 0 Å². The molecule has 4 aromatic rings. The lowest BCUT2D eigenvalue weighted by atomic mass is 9.77. The predicted octanol–water partition coefficient (Wildman–Crippen LogP) is 6.86. The summed E-state index contributed by atoms with van der Waals surface area (Å²) in [6.07, 6.45) is 11.4. The fourth-order valence-corrected chi connectivity index (χ4v) is 7.30. The van der Waals surface area contributed by atoms with Gasteiger partial charge in [-0.3, -0.25) is 14.8 Å². The summed E-state index contributed by atoms with van der Waals surface area (Å²) >= 11 is 0. The number of carbonyl (C=O) groups is 1. The Kier molecular flexibility index (Phi) is 7.93. The van der Waals surface area contributed by atoms with Crippen molar-refractivity contribution in [1.82, 2.24) is 25.2 Å². The van der Waals surface area contributed by atoms with Gasteiger partial charge in [-0.2, -0.15) is 0 Å². The Hall–Kier alpha value is -3.51. The number of nitrogens with zero attached hydrogens (tertiary/aromatic N) is 3. The molecule has 3 fully saturated rings. The zero-order valence-electron chi connectivity index (χ0n) is 25.8. The Morgan fingerprint density at radius 1 is 1.07 bits per heavy atom. The van der Waals surface area contributed by atoms with Crippen molar-refractivity contribution in [2.24, 2.45) is 5.92 Å². The van der Waals surface area contributed by atoms with Crippen molar-refractivity contribution in [2.75, 3.05) is 19.6 Å². The molecular weight excluding hydrogens is 518 g/mol. The van der Waals surface area contributed by atoms with Crippen LogP contribution >= 0.6 is 0 Å². The van der Waals surface area contributed by atoms with Crippen molar-refractivity contribution >= 4 is 16.8 Å². The number of amides is 1. The molecule has 3 aromatic heterocycles. The first-order valence-corrected chi connectivity index (χ1v) is 15.7. The van der Waals surface area contributed by atoms with Gasteiger partial charge in [0.2, 0.25) is 5.91 Å². The summed E-state index contributed by atoms with van der Waals surface area (Å²) < 4.78 is 0. The smallest absolute Gasteiger partial charge is 0.234 e. The van der Waals surface area contributed by atoms with E-state index in [9.17, 15) is 4.79 Å². The number of hydrogen-bond donors (Lipinski definition) is 2. The van der Waals surface area contributed by atoms with Crippen LogP contribution in [0.1, 0.15) is 80.3 Å². The summed E-state index contributed by atoms with van der Waals surface area (Å²) in [5, 5.41) is 4.86. The van der Waals surface area contributed by atoms with Crippen molar-refractivity contribution < 1.29 is 4.79 Å². The normalized spacial score (nSPS) is 19.4. The molecule has 1 saturated carbocycles. The number of aryl methyl sites for hydroxylation is 2. The Morgan fingerprint density at radius 2 is 1.79 bits per heavy atom. The van der Waals surface area contributed by atoms with E-state index in [1.165, 1.54) is 46.0 Å². The van der Waals surface area contributed by atoms with Crippen LogP contribution in [0.5, 0.6) is 0 Å². The second kappa shape index (κ2) is 11.6. The minimum Gasteiger partial charge on any atom is -0.353 e. The molecule has 7 rings (SSSR count). The molecule has 6 nitrogen and oxygen atoms in total. The van der Waals surface area contributed by atoms with E-state index < -0.39 is 5.41 Å². The fourth-order valence-electron chi connectivity index (χ4n) is 7.30. The number of H-pyrrole nitrogens is 1. The Bertz CT molecular complexity index is 1540. The molecule has 220 valence electrons. The van der Waals surface area contributed by atoms with Gasteiger partial charge in [0.15, 0.2) is 0 Å². The van der Waals surface area contributed by atoms with Gasteiger partial charge in [-0.05, 0) is 125 Å². The van der Waals surface area contributed by atoms with E-state index in [1.54, 1.807) is 0 Å². The summed E-state index contributed by atoms with van der Waals surface area (Å²) in [6.45, 7) is 13.4. The minimum absolute atomic E-state index is 0.223. The van der Waals surface area contributed by atoms with Gasteiger partial charge >= 0.3 is 0 Å². The number of pyridine rings is 2. The van der Waals surface area contributed by atoms with E-state index in [0.717, 1.165) is 55.8 Å². The van der Waals surface area contributed by atoms with Crippen LogP contribution in [0, 0.1) is 19.8 Å². The average Bonchev–Trinajstić information content (AvgIpc) is 3.38. The lowest BCUT2D eigenvalue weighted by Crippen LogP contribution is -2.55. The lowest BCUT2D eigenvalue weighted by Gasteiger charge is -2.47. The van der Waals surface area contributed by atoms with Crippen LogP contribution in [0.25, 0.3) is 22.2 Å². The molecule has 1 aliphatic carbocycles. The summed E-state index contributed by atoms with van der Waals surface area (Å²) in [5.41, 5.74) is 8.61. The van der Waals surface area contributed by atoms with Crippen LogP contribution in [-0.2, 0) is 16.6 Å². The maximum atomic E-state index is 14.0. The van der Waals surface area contributed by atoms with Crippen molar-refractivity contribution in [1.29, 1.82) is 0 Å². The zero-order valence-corrected chi connectivity index (χ0v) is 25.8. The number of piperidine rings is 2. The van der Waals surface area contributed by atoms with Gasteiger partial charge in [0, 0.05) is 36.9 Å². The van der Waals surface area contributed by atoms with Crippen LogP contribution in [-0.4, -0.2) is 51.4 Å². The molecule has 3 aliphatic rings. The summed E-state index contributed by atoms with van der Waals surface area (Å²) in [4.78, 5) is 29.0. The van der Waals surface area contributed by atoms with Gasteiger partial charge in [-0.25, -0.2) is 0 Å². The average molecular weight is 564 g/mol. The quantitative estimate of drug-likeness (QED) is 0.218. The van der Waals surface area contributed by atoms with Gasteiger partial charge < -0.3 is 15.2 Å². The highest BCUT2D eigenvalue weighted by Crippen LogP contribution is 2.40. The molecule has 2 bridgehead atoms. The first kappa shape index (κ1) is 28.6. The minimum atomic E-state index is -0.688. The Morgan fingerprint density at radius 3 is 2.45 bits per heavy atom. The second-order valence-electron chi connectivity index (χ2n) is 13.4. The SMILES string of the molecule is Cc1cc(C)cc(-c2[nH]c3cnc(C(C)(C)C(=O)N4CC5CCC4CC5)cc3c2[C@H](C)CNCCc2ccncc2)c1. The molecule has 2 aliphatic heterocycles. The zero-order chi connectivity index (χ0) is 29.4. The number of benzene rings is 1. The van der Waals surface area contributed by atoms with E-state index in [-0.39, 0.29) is 11.8 Å². The molecule has 42 heavy (non-hydrogen) atoms. The second-order valence-corrected chi connectivity index (χ2v) is 13.4. The highest BCUT2D eigenvalue weighted by atomic mass is 16.2. The summed E-state index contributed by atoms with van der Waals surface area (Å²) in [7, 11) is 0. The first-order valence-electron chi connectivity index (χ1n) is 15.7.